The Morgan fingerprint density at radius 3 is 2.60 bits per heavy atom. The van der Waals surface area contributed by atoms with Crippen LogP contribution in [0.1, 0.15) is 6.42 Å². The van der Waals surface area contributed by atoms with E-state index >= 15 is 0 Å². The first-order valence-corrected chi connectivity index (χ1v) is 9.18. The van der Waals surface area contributed by atoms with Gasteiger partial charge in [-0.2, -0.15) is 11.8 Å². The summed E-state index contributed by atoms with van der Waals surface area (Å²) < 4.78 is 0. The number of carbonyl (C=O) groups is 1. The number of nitrogens with one attached hydrogen (secondary N) is 3. The van der Waals surface area contributed by atoms with E-state index in [1.54, 1.807) is 11.8 Å². The van der Waals surface area contributed by atoms with E-state index in [1.165, 1.54) is 0 Å². The molecule has 1 aliphatic heterocycles. The zero-order valence-corrected chi connectivity index (χ0v) is 15.4. The summed E-state index contributed by atoms with van der Waals surface area (Å²) in [5, 5.41) is 37.5. The van der Waals surface area contributed by atoms with Crippen LogP contribution < -0.4 is 16.0 Å². The van der Waals surface area contributed by atoms with Crippen LogP contribution >= 0.6 is 24.2 Å². The molecule has 6 N–H and O–H groups in total. The molecule has 0 aliphatic carbocycles. The lowest BCUT2D eigenvalue weighted by Crippen LogP contribution is -2.59. The summed E-state index contributed by atoms with van der Waals surface area (Å²) in [4.78, 5) is 11.7. The third-order valence-corrected chi connectivity index (χ3v) is 4.90. The number of hydrogen-bond acceptors (Lipinski definition) is 6. The minimum Gasteiger partial charge on any atom is -0.389 e. The number of para-hydroxylation sites is 1. The van der Waals surface area contributed by atoms with Gasteiger partial charge in [-0.3, -0.25) is 0 Å². The first-order chi connectivity index (χ1) is 11.6. The van der Waals surface area contributed by atoms with Crippen molar-refractivity contribution in [3.8, 4) is 0 Å². The monoisotopic (exact) mass is 391 g/mol. The molecule has 25 heavy (non-hydrogen) atoms. The van der Waals surface area contributed by atoms with Gasteiger partial charge in [0.1, 0.15) is 6.10 Å². The average molecular weight is 392 g/mol. The SMILES string of the molecule is Cl.O=C(NCCSCC[C@H]1NC[C@@H](O)[C@H](O)[C@H]1O)Nc1ccccc1. The van der Waals surface area contributed by atoms with Gasteiger partial charge in [-0.15, -0.1) is 12.4 Å². The number of carbonyl (C=O) groups excluding carboxylic acids is 1. The second-order valence-corrected chi connectivity index (χ2v) is 6.94. The van der Waals surface area contributed by atoms with Gasteiger partial charge >= 0.3 is 6.03 Å². The van der Waals surface area contributed by atoms with E-state index in [9.17, 15) is 20.1 Å². The molecule has 1 heterocycles. The molecule has 1 fully saturated rings. The Bertz CT molecular complexity index is 511. The zero-order valence-electron chi connectivity index (χ0n) is 13.8. The molecule has 1 aromatic carbocycles. The molecule has 0 saturated carbocycles. The van der Waals surface area contributed by atoms with E-state index in [0.29, 0.717) is 13.0 Å². The number of hydrogen-bond donors (Lipinski definition) is 6. The Morgan fingerprint density at radius 1 is 1.16 bits per heavy atom. The van der Waals surface area contributed by atoms with Crippen LogP contribution in [0.4, 0.5) is 10.5 Å². The highest BCUT2D eigenvalue weighted by Crippen LogP contribution is 2.15. The molecule has 1 aliphatic rings. The molecule has 9 heteroatoms. The van der Waals surface area contributed by atoms with Crippen molar-refractivity contribution in [3.05, 3.63) is 30.3 Å². The van der Waals surface area contributed by atoms with Gasteiger partial charge < -0.3 is 31.3 Å². The summed E-state index contributed by atoms with van der Waals surface area (Å²) >= 11 is 1.66. The van der Waals surface area contributed by atoms with E-state index < -0.39 is 18.3 Å². The van der Waals surface area contributed by atoms with Crippen LogP contribution in [0.3, 0.4) is 0 Å². The van der Waals surface area contributed by atoms with E-state index in [2.05, 4.69) is 16.0 Å². The molecular weight excluding hydrogens is 366 g/mol. The number of thioether (sulfide) groups is 1. The summed E-state index contributed by atoms with van der Waals surface area (Å²) in [6, 6.07) is 8.79. The number of β-amino-alcohol motifs (C(OH)–C–C–N with tert-alkyl or cyclic N) is 1. The van der Waals surface area contributed by atoms with Crippen LogP contribution in [0.25, 0.3) is 0 Å². The fourth-order valence-corrected chi connectivity index (χ4v) is 3.37. The highest BCUT2D eigenvalue weighted by Gasteiger charge is 2.35. The summed E-state index contributed by atoms with van der Waals surface area (Å²) in [5.41, 5.74) is 0.751. The van der Waals surface area contributed by atoms with Crippen molar-refractivity contribution in [1.82, 2.24) is 10.6 Å². The molecule has 0 bridgehead atoms. The van der Waals surface area contributed by atoms with Gasteiger partial charge in [-0.05, 0) is 24.3 Å². The molecule has 2 rings (SSSR count). The fraction of sp³-hybridized carbons (Fsp3) is 0.562. The average Bonchev–Trinajstić information content (AvgIpc) is 2.58. The summed E-state index contributed by atoms with van der Waals surface area (Å²) in [6.07, 6.45) is -2.28. The van der Waals surface area contributed by atoms with Gasteiger partial charge in [0, 0.05) is 30.6 Å². The molecule has 0 radical (unpaired) electrons. The third kappa shape index (κ3) is 7.39. The maximum Gasteiger partial charge on any atom is 0.319 e. The Balaban J connectivity index is 0.00000312. The van der Waals surface area contributed by atoms with Crippen LogP contribution in [0.2, 0.25) is 0 Å². The van der Waals surface area contributed by atoms with Crippen molar-refractivity contribution in [2.75, 3.05) is 29.9 Å². The van der Waals surface area contributed by atoms with Gasteiger partial charge in [-0.25, -0.2) is 4.79 Å². The van der Waals surface area contributed by atoms with Crippen LogP contribution in [0, 0.1) is 0 Å². The number of urea groups is 1. The number of amides is 2. The first kappa shape index (κ1) is 22.0. The van der Waals surface area contributed by atoms with Crippen LogP contribution in [0.5, 0.6) is 0 Å². The van der Waals surface area contributed by atoms with Crippen molar-refractivity contribution in [2.24, 2.45) is 0 Å². The number of aliphatic hydroxyl groups is 3. The molecular formula is C16H26ClN3O4S. The van der Waals surface area contributed by atoms with Crippen LogP contribution in [-0.4, -0.2) is 70.3 Å². The molecule has 2 amide bonds. The largest absolute Gasteiger partial charge is 0.389 e. The van der Waals surface area contributed by atoms with Gasteiger partial charge in [-0.1, -0.05) is 18.2 Å². The van der Waals surface area contributed by atoms with Crippen molar-refractivity contribution >= 4 is 35.9 Å². The lowest BCUT2D eigenvalue weighted by atomic mass is 9.94. The number of anilines is 1. The number of aliphatic hydroxyl groups excluding tert-OH is 3. The molecule has 0 aromatic heterocycles. The Morgan fingerprint density at radius 2 is 1.88 bits per heavy atom. The smallest absolute Gasteiger partial charge is 0.319 e. The summed E-state index contributed by atoms with van der Waals surface area (Å²) in [6.45, 7) is 0.833. The van der Waals surface area contributed by atoms with Crippen LogP contribution in [-0.2, 0) is 0 Å². The minimum absolute atomic E-state index is 0. The zero-order chi connectivity index (χ0) is 17.4. The second kappa shape index (κ2) is 11.6. The fourth-order valence-electron chi connectivity index (χ4n) is 2.50. The molecule has 142 valence electrons. The maximum absolute atomic E-state index is 11.7. The topological polar surface area (TPSA) is 114 Å². The van der Waals surface area contributed by atoms with Crippen LogP contribution in [0.15, 0.2) is 30.3 Å². The van der Waals surface area contributed by atoms with Gasteiger partial charge in [0.25, 0.3) is 0 Å². The standard InChI is InChI=1S/C16H25N3O4S.ClH/c20-13-10-18-12(14(21)15(13)22)6-8-24-9-7-17-16(23)19-11-4-2-1-3-5-11;/h1-5,12-15,18,20-22H,6-10H2,(H2,17,19,23);1H/t12-,13-,14+,15+;/m1./s1. The predicted molar refractivity (Wildman–Crippen MR) is 102 cm³/mol. The molecule has 0 unspecified atom stereocenters. The molecule has 1 saturated heterocycles. The van der Waals surface area contributed by atoms with E-state index in [-0.39, 0.29) is 31.0 Å². The summed E-state index contributed by atoms with van der Waals surface area (Å²) in [5.74, 6) is 1.55. The van der Waals surface area contributed by atoms with Gasteiger partial charge in [0.15, 0.2) is 0 Å². The highest BCUT2D eigenvalue weighted by molar-refractivity contribution is 7.99. The lowest BCUT2D eigenvalue weighted by molar-refractivity contribution is -0.0941. The van der Waals surface area contributed by atoms with E-state index in [4.69, 9.17) is 0 Å². The minimum atomic E-state index is -1.09. The van der Waals surface area contributed by atoms with Gasteiger partial charge in [0.05, 0.1) is 12.2 Å². The quantitative estimate of drug-likeness (QED) is 0.375. The first-order valence-electron chi connectivity index (χ1n) is 8.03. The van der Waals surface area contributed by atoms with Crippen molar-refractivity contribution in [1.29, 1.82) is 0 Å². The Labute approximate surface area is 158 Å². The maximum atomic E-state index is 11.7. The van der Waals surface area contributed by atoms with Crippen molar-refractivity contribution < 1.29 is 20.1 Å². The normalized spacial score (nSPS) is 25.7. The predicted octanol–water partition coefficient (Wildman–Crippen LogP) is 0.408. The molecule has 0 spiro atoms. The van der Waals surface area contributed by atoms with Gasteiger partial charge in [0.2, 0.25) is 0 Å². The van der Waals surface area contributed by atoms with E-state index in [0.717, 1.165) is 17.2 Å². The van der Waals surface area contributed by atoms with Crippen molar-refractivity contribution in [2.45, 2.75) is 30.8 Å². The summed E-state index contributed by atoms with van der Waals surface area (Å²) in [7, 11) is 0. The number of halogens is 1. The highest BCUT2D eigenvalue weighted by atomic mass is 35.5. The van der Waals surface area contributed by atoms with Crippen molar-refractivity contribution in [3.63, 3.8) is 0 Å². The number of piperidine rings is 1. The third-order valence-electron chi connectivity index (χ3n) is 3.88. The Kier molecular flexibility index (Phi) is 10.2. The Hall–Kier alpha value is -1.03. The lowest BCUT2D eigenvalue weighted by Gasteiger charge is -2.36. The molecule has 1 aromatic rings. The second-order valence-electron chi connectivity index (χ2n) is 5.71. The number of benzene rings is 1. The van der Waals surface area contributed by atoms with E-state index in [1.807, 2.05) is 30.3 Å². The number of rotatable bonds is 7. The molecule has 7 nitrogen and oxygen atoms in total. The molecule has 4 atom stereocenters.